The molecule has 5 nitrogen and oxygen atoms in total. The number of ether oxygens (including phenoxy) is 1. The number of oxime groups is 1. The summed E-state index contributed by atoms with van der Waals surface area (Å²) in [5.41, 5.74) is 3.75. The Bertz CT molecular complexity index is 689. The highest BCUT2D eigenvalue weighted by Gasteiger charge is 2.36. The molecule has 1 aromatic rings. The van der Waals surface area contributed by atoms with E-state index in [-0.39, 0.29) is 17.5 Å². The van der Waals surface area contributed by atoms with Crippen molar-refractivity contribution < 1.29 is 19.5 Å². The molecule has 1 unspecified atom stereocenters. The Morgan fingerprint density at radius 3 is 2.65 bits per heavy atom. The smallest absolute Gasteiger partial charge is 0.170 e. The van der Waals surface area contributed by atoms with Crippen molar-refractivity contribution in [3.8, 4) is 5.75 Å². The van der Waals surface area contributed by atoms with Crippen LogP contribution in [-0.2, 0) is 9.63 Å². The molecule has 0 spiro atoms. The number of carbonyl (C=O) groups is 1. The van der Waals surface area contributed by atoms with Gasteiger partial charge in [0, 0.05) is 17.9 Å². The molecule has 23 heavy (non-hydrogen) atoms. The first-order chi connectivity index (χ1) is 10.9. The van der Waals surface area contributed by atoms with Gasteiger partial charge in [-0.1, -0.05) is 11.2 Å². The largest absolute Gasteiger partial charge is 0.512 e. The van der Waals surface area contributed by atoms with E-state index in [0.29, 0.717) is 29.7 Å². The lowest BCUT2D eigenvalue weighted by Crippen LogP contribution is -2.14. The monoisotopic (exact) mass is 317 g/mol. The van der Waals surface area contributed by atoms with Crippen molar-refractivity contribution in [1.82, 2.24) is 0 Å². The summed E-state index contributed by atoms with van der Waals surface area (Å²) < 4.78 is 5.43. The second-order valence-corrected chi connectivity index (χ2v) is 5.96. The molecular formula is C18H23NO4. The van der Waals surface area contributed by atoms with Crippen molar-refractivity contribution >= 4 is 17.1 Å². The van der Waals surface area contributed by atoms with E-state index in [1.807, 2.05) is 32.9 Å². The van der Waals surface area contributed by atoms with E-state index < -0.39 is 0 Å². The van der Waals surface area contributed by atoms with Gasteiger partial charge in [0.2, 0.25) is 0 Å². The van der Waals surface area contributed by atoms with Gasteiger partial charge in [-0.2, -0.15) is 0 Å². The number of carbonyl (C=O) groups excluding carboxylic acids is 1. The van der Waals surface area contributed by atoms with Gasteiger partial charge in [0.05, 0.1) is 18.4 Å². The Kier molecular flexibility index (Phi) is 5.08. The highest BCUT2D eigenvalue weighted by Crippen LogP contribution is 2.41. The number of hydrogen-bond acceptors (Lipinski definition) is 5. The van der Waals surface area contributed by atoms with Crippen LogP contribution in [0.2, 0.25) is 0 Å². The molecule has 0 aliphatic heterocycles. The van der Waals surface area contributed by atoms with E-state index >= 15 is 0 Å². The number of allylic oxidation sites excluding steroid dienone is 2. The van der Waals surface area contributed by atoms with Crippen molar-refractivity contribution in [1.29, 1.82) is 0 Å². The molecule has 1 N–H and O–H groups in total. The van der Waals surface area contributed by atoms with Crippen molar-refractivity contribution in [2.75, 3.05) is 14.2 Å². The number of nitrogens with zero attached hydrogens (tertiary/aromatic N) is 1. The normalized spacial score (nSPS) is 18.6. The summed E-state index contributed by atoms with van der Waals surface area (Å²) in [6.07, 6.45) is 0.786. The zero-order chi connectivity index (χ0) is 17.1. The summed E-state index contributed by atoms with van der Waals surface area (Å²) in [5, 5.41) is 14.2. The van der Waals surface area contributed by atoms with E-state index in [9.17, 15) is 9.90 Å². The van der Waals surface area contributed by atoms with Gasteiger partial charge in [-0.3, -0.25) is 4.79 Å². The lowest BCUT2D eigenvalue weighted by molar-refractivity contribution is -0.116. The molecule has 0 saturated heterocycles. The van der Waals surface area contributed by atoms with Crippen molar-refractivity contribution in [2.45, 2.75) is 33.6 Å². The molecule has 0 radical (unpaired) electrons. The Morgan fingerprint density at radius 2 is 2.04 bits per heavy atom. The quantitative estimate of drug-likeness (QED) is 0.666. The predicted octanol–water partition coefficient (Wildman–Crippen LogP) is 3.58. The van der Waals surface area contributed by atoms with E-state index in [1.54, 1.807) is 7.11 Å². The third-order valence-electron chi connectivity index (χ3n) is 4.05. The van der Waals surface area contributed by atoms with Crippen LogP contribution in [0.3, 0.4) is 0 Å². The molecular weight excluding hydrogens is 294 g/mol. The summed E-state index contributed by atoms with van der Waals surface area (Å²) >= 11 is 0. The van der Waals surface area contributed by atoms with Crippen LogP contribution in [0, 0.1) is 19.8 Å². The Morgan fingerprint density at radius 1 is 1.35 bits per heavy atom. The molecule has 2 rings (SSSR count). The molecule has 0 fully saturated rings. The van der Waals surface area contributed by atoms with Gasteiger partial charge in [-0.05, 0) is 44.4 Å². The Balaban J connectivity index is 2.40. The summed E-state index contributed by atoms with van der Waals surface area (Å²) in [6, 6.07) is 3.86. The first-order valence-electron chi connectivity index (χ1n) is 7.57. The van der Waals surface area contributed by atoms with Gasteiger partial charge in [-0.25, -0.2) is 0 Å². The minimum atomic E-state index is -0.311. The summed E-state index contributed by atoms with van der Waals surface area (Å²) in [6.45, 7) is 5.70. The average molecular weight is 317 g/mol. The summed E-state index contributed by atoms with van der Waals surface area (Å²) in [4.78, 5) is 17.5. The van der Waals surface area contributed by atoms with Crippen LogP contribution in [0.5, 0.6) is 5.75 Å². The minimum absolute atomic E-state index is 0.0709. The van der Waals surface area contributed by atoms with E-state index in [1.165, 1.54) is 7.11 Å². The topological polar surface area (TPSA) is 68.1 Å². The van der Waals surface area contributed by atoms with Gasteiger partial charge in [0.25, 0.3) is 0 Å². The number of ketones is 1. The number of benzene rings is 1. The van der Waals surface area contributed by atoms with Gasteiger partial charge >= 0.3 is 0 Å². The van der Waals surface area contributed by atoms with Crippen molar-refractivity contribution in [3.05, 3.63) is 34.6 Å². The Hall–Kier alpha value is -2.30. The van der Waals surface area contributed by atoms with Gasteiger partial charge in [-0.15, -0.1) is 0 Å². The highest BCUT2D eigenvalue weighted by atomic mass is 16.6. The van der Waals surface area contributed by atoms with Crippen LogP contribution in [-0.4, -0.2) is 30.8 Å². The molecule has 0 saturated carbocycles. The van der Waals surface area contributed by atoms with Crippen LogP contribution in [0.25, 0.3) is 5.57 Å². The van der Waals surface area contributed by atoms with Crippen LogP contribution >= 0.6 is 0 Å². The van der Waals surface area contributed by atoms with E-state index in [4.69, 9.17) is 9.57 Å². The molecule has 1 aromatic carbocycles. The first kappa shape index (κ1) is 17.1. The molecule has 5 heteroatoms. The highest BCUT2D eigenvalue weighted by molar-refractivity contribution is 6.26. The maximum atomic E-state index is 12.8. The first-order valence-corrected chi connectivity index (χ1v) is 7.57. The number of aliphatic hydroxyl groups is 1. The van der Waals surface area contributed by atoms with Crippen molar-refractivity contribution in [3.63, 3.8) is 0 Å². The number of aryl methyl sites for hydroxylation is 2. The number of Topliss-reactive ketones (excluding diaryl/α,β-unsaturated/α-hetero) is 1. The van der Waals surface area contributed by atoms with Gasteiger partial charge in [0.15, 0.2) is 5.78 Å². The lowest BCUT2D eigenvalue weighted by Gasteiger charge is -2.14. The van der Waals surface area contributed by atoms with Crippen molar-refractivity contribution in [2.24, 2.45) is 11.1 Å². The molecule has 0 bridgehead atoms. The maximum absolute atomic E-state index is 12.8. The second-order valence-electron chi connectivity index (χ2n) is 5.96. The van der Waals surface area contributed by atoms with Crippen LogP contribution in [0.15, 0.2) is 23.0 Å². The molecule has 1 aliphatic rings. The SMILES string of the molecule is CO/N=C(\C)CC1CC(O)=C(c2c(C)cc(C)cc2OC)C1=O. The average Bonchev–Trinajstić information content (AvgIpc) is 2.73. The van der Waals surface area contributed by atoms with E-state index in [2.05, 4.69) is 5.16 Å². The molecule has 0 heterocycles. The third-order valence-corrected chi connectivity index (χ3v) is 4.05. The molecule has 1 aliphatic carbocycles. The molecule has 124 valence electrons. The number of aliphatic hydroxyl groups excluding tert-OH is 1. The number of hydrogen-bond donors (Lipinski definition) is 1. The van der Waals surface area contributed by atoms with Crippen LogP contribution < -0.4 is 4.74 Å². The molecule has 1 atom stereocenters. The van der Waals surface area contributed by atoms with Gasteiger partial charge < -0.3 is 14.7 Å². The maximum Gasteiger partial charge on any atom is 0.170 e. The molecule has 0 aromatic heterocycles. The number of rotatable bonds is 5. The minimum Gasteiger partial charge on any atom is -0.512 e. The van der Waals surface area contributed by atoms with Crippen LogP contribution in [0.4, 0.5) is 0 Å². The fourth-order valence-corrected chi connectivity index (χ4v) is 3.17. The standard InChI is InChI=1S/C18H23NO4/c1-10-6-11(2)16(15(7-10)22-4)17-14(20)9-13(18(17)21)8-12(3)19-23-5/h6-7,13,20H,8-9H2,1-5H3/b19-12+. The zero-order valence-corrected chi connectivity index (χ0v) is 14.3. The lowest BCUT2D eigenvalue weighted by atomic mass is 9.92. The third kappa shape index (κ3) is 3.38. The summed E-state index contributed by atoms with van der Waals surface area (Å²) in [7, 11) is 3.04. The van der Waals surface area contributed by atoms with Crippen LogP contribution in [0.1, 0.15) is 36.5 Å². The second kappa shape index (κ2) is 6.86. The Labute approximate surface area is 136 Å². The fourth-order valence-electron chi connectivity index (χ4n) is 3.17. The predicted molar refractivity (Wildman–Crippen MR) is 89.9 cm³/mol. The van der Waals surface area contributed by atoms with E-state index in [0.717, 1.165) is 16.8 Å². The zero-order valence-electron chi connectivity index (χ0n) is 14.3. The number of methoxy groups -OCH3 is 1. The molecule has 0 amide bonds. The fraction of sp³-hybridized carbons (Fsp3) is 0.444. The van der Waals surface area contributed by atoms with Gasteiger partial charge in [0.1, 0.15) is 18.6 Å². The summed E-state index contributed by atoms with van der Waals surface area (Å²) in [5.74, 6) is 0.350.